The summed E-state index contributed by atoms with van der Waals surface area (Å²) < 4.78 is 32.0. The molecule has 3 rings (SSSR count). The fraction of sp³-hybridized carbons (Fsp3) is 0.389. The number of hydrogen-bond acceptors (Lipinski definition) is 4. The van der Waals surface area contributed by atoms with Crippen LogP contribution in [0.15, 0.2) is 34.9 Å². The van der Waals surface area contributed by atoms with Gasteiger partial charge in [-0.2, -0.15) is 0 Å². The normalized spacial score (nSPS) is 16.4. The molecule has 1 fully saturated rings. The molecule has 0 saturated carbocycles. The van der Waals surface area contributed by atoms with E-state index >= 15 is 0 Å². The average molecular weight is 431 g/mol. The molecule has 1 aliphatic heterocycles. The molecule has 0 atom stereocenters. The summed E-state index contributed by atoms with van der Waals surface area (Å²) in [6.45, 7) is 2.51. The van der Waals surface area contributed by atoms with Crippen LogP contribution >= 0.6 is 23.2 Å². The van der Waals surface area contributed by atoms with E-state index in [4.69, 9.17) is 27.6 Å². The summed E-state index contributed by atoms with van der Waals surface area (Å²) in [4.78, 5) is 12.2. The first-order chi connectivity index (χ1) is 12.8. The summed E-state index contributed by atoms with van der Waals surface area (Å²) in [5, 5.41) is 3.63. The Hall–Kier alpha value is -1.54. The molecule has 1 N–H and O–H groups in total. The lowest BCUT2D eigenvalue weighted by Gasteiger charge is -2.31. The van der Waals surface area contributed by atoms with Gasteiger partial charge in [0.15, 0.2) is 5.76 Å². The van der Waals surface area contributed by atoms with Crippen molar-refractivity contribution in [1.29, 1.82) is 0 Å². The minimum absolute atomic E-state index is 0.0848. The molecule has 146 valence electrons. The van der Waals surface area contributed by atoms with Gasteiger partial charge in [-0.25, -0.2) is 12.7 Å². The van der Waals surface area contributed by atoms with Crippen molar-refractivity contribution < 1.29 is 17.6 Å². The van der Waals surface area contributed by atoms with Crippen LogP contribution in [-0.4, -0.2) is 37.8 Å². The van der Waals surface area contributed by atoms with Crippen LogP contribution in [0.4, 0.5) is 0 Å². The Kier molecular flexibility index (Phi) is 6.15. The molecule has 1 amide bonds. The number of sulfonamides is 1. The van der Waals surface area contributed by atoms with Crippen LogP contribution in [0.25, 0.3) is 0 Å². The molecule has 0 aliphatic carbocycles. The van der Waals surface area contributed by atoms with Gasteiger partial charge in [0.25, 0.3) is 5.91 Å². The summed E-state index contributed by atoms with van der Waals surface area (Å²) >= 11 is 11.8. The Morgan fingerprint density at radius 2 is 1.93 bits per heavy atom. The van der Waals surface area contributed by atoms with Gasteiger partial charge < -0.3 is 9.73 Å². The van der Waals surface area contributed by atoms with Crippen molar-refractivity contribution in [1.82, 2.24) is 9.62 Å². The lowest BCUT2D eigenvalue weighted by molar-refractivity contribution is 0.0895. The third-order valence-corrected chi connectivity index (χ3v) is 7.17. The van der Waals surface area contributed by atoms with Crippen molar-refractivity contribution in [2.45, 2.75) is 31.6 Å². The van der Waals surface area contributed by atoms with E-state index in [1.54, 1.807) is 31.2 Å². The predicted molar refractivity (Wildman–Crippen MR) is 105 cm³/mol. The lowest BCUT2D eigenvalue weighted by atomic mass is 10.1. The van der Waals surface area contributed by atoms with Gasteiger partial charge >= 0.3 is 0 Å². The number of aryl methyl sites for hydroxylation is 1. The topological polar surface area (TPSA) is 79.6 Å². The van der Waals surface area contributed by atoms with E-state index in [0.29, 0.717) is 47.3 Å². The van der Waals surface area contributed by atoms with Crippen molar-refractivity contribution in [3.63, 3.8) is 0 Å². The molecule has 1 aliphatic rings. The van der Waals surface area contributed by atoms with E-state index < -0.39 is 10.0 Å². The fourth-order valence-electron chi connectivity index (χ4n) is 3.07. The number of benzene rings is 1. The van der Waals surface area contributed by atoms with Gasteiger partial charge in [-0.15, -0.1) is 0 Å². The number of carbonyl (C=O) groups is 1. The molecular formula is C18H20Cl2N2O4S. The molecule has 2 heterocycles. The first-order valence-electron chi connectivity index (χ1n) is 8.53. The molecule has 0 radical (unpaired) electrons. The quantitative estimate of drug-likeness (QED) is 0.785. The van der Waals surface area contributed by atoms with Crippen LogP contribution in [0, 0.1) is 6.92 Å². The number of piperidine rings is 1. The smallest absolute Gasteiger partial charge is 0.287 e. The Bertz CT molecular complexity index is 935. The van der Waals surface area contributed by atoms with Gasteiger partial charge in [-0.1, -0.05) is 29.3 Å². The molecule has 1 aromatic carbocycles. The second-order valence-electron chi connectivity index (χ2n) is 6.58. The highest BCUT2D eigenvalue weighted by Crippen LogP contribution is 2.25. The zero-order valence-electron chi connectivity index (χ0n) is 14.7. The van der Waals surface area contributed by atoms with E-state index in [1.807, 2.05) is 0 Å². The fourth-order valence-corrected chi connectivity index (χ4v) is 4.94. The molecule has 9 heteroatoms. The highest BCUT2D eigenvalue weighted by atomic mass is 35.5. The maximum absolute atomic E-state index is 12.7. The third kappa shape index (κ3) is 4.85. The summed E-state index contributed by atoms with van der Waals surface area (Å²) in [6.07, 6.45) is 2.57. The molecule has 6 nitrogen and oxygen atoms in total. The largest absolute Gasteiger partial charge is 0.459 e. The SMILES string of the molecule is Cc1ccoc1C(=O)NC1CCN(S(=O)(=O)Cc2ccc(Cl)c(Cl)c2)CC1. The van der Waals surface area contributed by atoms with Crippen LogP contribution in [0.3, 0.4) is 0 Å². The van der Waals surface area contributed by atoms with Gasteiger partial charge in [-0.3, -0.25) is 4.79 Å². The molecule has 0 spiro atoms. The van der Waals surface area contributed by atoms with Crippen LogP contribution in [0.5, 0.6) is 0 Å². The van der Waals surface area contributed by atoms with E-state index in [1.165, 1.54) is 10.6 Å². The van der Waals surface area contributed by atoms with Gasteiger partial charge in [-0.05, 0) is 43.5 Å². The summed E-state index contributed by atoms with van der Waals surface area (Å²) in [6, 6.07) is 6.46. The van der Waals surface area contributed by atoms with Crippen molar-refractivity contribution in [2.75, 3.05) is 13.1 Å². The van der Waals surface area contributed by atoms with E-state index in [2.05, 4.69) is 5.32 Å². The van der Waals surface area contributed by atoms with Crippen molar-refractivity contribution in [2.24, 2.45) is 0 Å². The van der Waals surface area contributed by atoms with Gasteiger partial charge in [0, 0.05) is 24.7 Å². The summed E-state index contributed by atoms with van der Waals surface area (Å²) in [5.41, 5.74) is 1.36. The highest BCUT2D eigenvalue weighted by molar-refractivity contribution is 7.88. The number of furan rings is 1. The molecule has 0 bridgehead atoms. The summed E-state index contributed by atoms with van der Waals surface area (Å²) in [7, 11) is -3.47. The van der Waals surface area contributed by atoms with Crippen LogP contribution in [0.1, 0.15) is 34.5 Å². The number of nitrogens with one attached hydrogen (secondary N) is 1. The molecule has 1 aromatic heterocycles. The molecule has 0 unspecified atom stereocenters. The zero-order valence-corrected chi connectivity index (χ0v) is 17.1. The van der Waals surface area contributed by atoms with Crippen LogP contribution < -0.4 is 5.32 Å². The van der Waals surface area contributed by atoms with Crippen molar-refractivity contribution in [3.8, 4) is 0 Å². The van der Waals surface area contributed by atoms with Gasteiger partial charge in [0.05, 0.1) is 22.1 Å². The summed E-state index contributed by atoms with van der Waals surface area (Å²) in [5.74, 6) is -0.105. The zero-order chi connectivity index (χ0) is 19.6. The molecule has 2 aromatic rings. The Morgan fingerprint density at radius 1 is 1.22 bits per heavy atom. The second kappa shape index (κ2) is 8.22. The molecule has 27 heavy (non-hydrogen) atoms. The monoisotopic (exact) mass is 430 g/mol. The van der Waals surface area contributed by atoms with Crippen molar-refractivity contribution >= 4 is 39.1 Å². The molecule has 1 saturated heterocycles. The Morgan fingerprint density at radius 3 is 2.52 bits per heavy atom. The number of carbonyl (C=O) groups excluding carboxylic acids is 1. The first kappa shape index (κ1) is 20.2. The Balaban J connectivity index is 1.57. The maximum atomic E-state index is 12.7. The van der Waals surface area contributed by atoms with Crippen molar-refractivity contribution in [3.05, 3.63) is 57.5 Å². The van der Waals surface area contributed by atoms with Crippen LogP contribution in [-0.2, 0) is 15.8 Å². The number of rotatable bonds is 5. The predicted octanol–water partition coefficient (Wildman–Crippen LogP) is 3.62. The van der Waals surface area contributed by atoms with Gasteiger partial charge in [0.1, 0.15) is 0 Å². The lowest BCUT2D eigenvalue weighted by Crippen LogP contribution is -2.46. The third-order valence-electron chi connectivity index (χ3n) is 4.58. The standard InChI is InChI=1S/C18H20Cl2N2O4S/c1-12-6-9-26-17(12)18(23)21-14-4-7-22(8-5-14)27(24,25)11-13-2-3-15(19)16(20)10-13/h2-3,6,9-10,14H,4-5,7-8,11H2,1H3,(H,21,23). The number of amides is 1. The minimum Gasteiger partial charge on any atom is -0.459 e. The number of nitrogens with zero attached hydrogens (tertiary/aromatic N) is 1. The van der Waals surface area contributed by atoms with E-state index in [9.17, 15) is 13.2 Å². The van der Waals surface area contributed by atoms with Crippen LogP contribution in [0.2, 0.25) is 10.0 Å². The Labute approximate surface area is 168 Å². The van der Waals surface area contributed by atoms with E-state index in [0.717, 1.165) is 5.56 Å². The molecular weight excluding hydrogens is 411 g/mol. The highest BCUT2D eigenvalue weighted by Gasteiger charge is 2.29. The number of hydrogen-bond donors (Lipinski definition) is 1. The number of halogens is 2. The average Bonchev–Trinajstić information content (AvgIpc) is 3.04. The second-order valence-corrected chi connectivity index (χ2v) is 9.37. The van der Waals surface area contributed by atoms with E-state index in [-0.39, 0.29) is 17.7 Å². The first-order valence-corrected chi connectivity index (χ1v) is 10.9. The van der Waals surface area contributed by atoms with Gasteiger partial charge in [0.2, 0.25) is 10.0 Å². The minimum atomic E-state index is -3.47. The maximum Gasteiger partial charge on any atom is 0.287 e.